The number of allylic oxidation sites excluding steroid dienone is 1. The summed E-state index contributed by atoms with van der Waals surface area (Å²) in [5, 5.41) is 13.8. The van der Waals surface area contributed by atoms with Gasteiger partial charge in [-0.15, -0.1) is 0 Å². The first kappa shape index (κ1) is 21.5. The zero-order valence-corrected chi connectivity index (χ0v) is 17.8. The van der Waals surface area contributed by atoms with E-state index in [1.807, 2.05) is 6.07 Å². The van der Waals surface area contributed by atoms with Gasteiger partial charge in [0.25, 0.3) is 0 Å². The molecule has 3 atom stereocenters. The minimum Gasteiger partial charge on any atom is -0.493 e. The molecule has 3 rings (SSSR count). The predicted octanol–water partition coefficient (Wildman–Crippen LogP) is 2.48. The van der Waals surface area contributed by atoms with Crippen LogP contribution in [0.3, 0.4) is 0 Å². The number of aryl methyl sites for hydroxylation is 1. The molecule has 0 fully saturated rings. The van der Waals surface area contributed by atoms with Crippen LogP contribution in [0.4, 0.5) is 0 Å². The van der Waals surface area contributed by atoms with Crippen LogP contribution >= 0.6 is 0 Å². The summed E-state index contributed by atoms with van der Waals surface area (Å²) in [7, 11) is 6.45. The zero-order valence-electron chi connectivity index (χ0n) is 17.8. The molecule has 29 heavy (non-hydrogen) atoms. The molecule has 1 aromatic rings. The molecule has 0 spiro atoms. The number of benzene rings is 1. The second kappa shape index (κ2) is 9.05. The number of carbonyl (C=O) groups is 1. The molecule has 160 valence electrons. The average molecular weight is 405 g/mol. The first-order valence-corrected chi connectivity index (χ1v) is 9.97. The third-order valence-corrected chi connectivity index (χ3v) is 5.94. The molecule has 7 heteroatoms. The van der Waals surface area contributed by atoms with E-state index in [1.54, 1.807) is 28.4 Å². The van der Waals surface area contributed by atoms with Gasteiger partial charge in [-0.1, -0.05) is 0 Å². The van der Waals surface area contributed by atoms with E-state index >= 15 is 0 Å². The maximum absolute atomic E-state index is 11.9. The van der Waals surface area contributed by atoms with Gasteiger partial charge in [0.05, 0.1) is 39.6 Å². The van der Waals surface area contributed by atoms with E-state index in [9.17, 15) is 9.90 Å². The van der Waals surface area contributed by atoms with Gasteiger partial charge >= 0.3 is 0 Å². The number of ether oxygens (including phenoxy) is 4. The Morgan fingerprint density at radius 2 is 1.79 bits per heavy atom. The van der Waals surface area contributed by atoms with E-state index in [0.717, 1.165) is 35.1 Å². The number of fused-ring (bicyclic) bond motifs is 2. The number of carbonyl (C=O) groups excluding carboxylic acids is 1. The molecule has 1 amide bonds. The third-order valence-electron chi connectivity index (χ3n) is 5.94. The fourth-order valence-corrected chi connectivity index (χ4v) is 4.65. The monoisotopic (exact) mass is 405 g/mol. The first-order chi connectivity index (χ1) is 13.9. The van der Waals surface area contributed by atoms with Crippen LogP contribution in [0.5, 0.6) is 17.2 Å². The largest absolute Gasteiger partial charge is 0.493 e. The van der Waals surface area contributed by atoms with Crippen LogP contribution in [0.15, 0.2) is 11.6 Å². The van der Waals surface area contributed by atoms with Crippen LogP contribution in [0.2, 0.25) is 0 Å². The van der Waals surface area contributed by atoms with Crippen molar-refractivity contribution in [2.24, 2.45) is 0 Å². The minimum atomic E-state index is -0.628. The number of rotatable bonds is 5. The summed E-state index contributed by atoms with van der Waals surface area (Å²) in [5.74, 6) is 1.71. The van der Waals surface area contributed by atoms with E-state index in [-0.39, 0.29) is 18.1 Å². The summed E-state index contributed by atoms with van der Waals surface area (Å²) in [6.07, 6.45) is 2.42. The molecule has 2 N–H and O–H groups in total. The van der Waals surface area contributed by atoms with Crippen LogP contribution in [-0.4, -0.2) is 57.7 Å². The van der Waals surface area contributed by atoms with Crippen molar-refractivity contribution in [3.63, 3.8) is 0 Å². The molecule has 0 aromatic heterocycles. The van der Waals surface area contributed by atoms with E-state index in [4.69, 9.17) is 18.9 Å². The van der Waals surface area contributed by atoms with Gasteiger partial charge in [0.15, 0.2) is 11.5 Å². The van der Waals surface area contributed by atoms with Crippen LogP contribution in [0.25, 0.3) is 5.57 Å². The van der Waals surface area contributed by atoms with Crippen molar-refractivity contribution in [3.05, 3.63) is 22.8 Å². The van der Waals surface area contributed by atoms with Crippen molar-refractivity contribution >= 4 is 11.5 Å². The van der Waals surface area contributed by atoms with Crippen molar-refractivity contribution in [2.45, 2.75) is 57.3 Å². The highest BCUT2D eigenvalue weighted by molar-refractivity contribution is 5.82. The normalized spacial score (nSPS) is 24.0. The van der Waals surface area contributed by atoms with Crippen LogP contribution in [-0.2, 0) is 16.0 Å². The molecule has 0 bridgehead atoms. The SMILES string of the molecule is COc1cc2c(c(OC)c1OC)C1=C(C[C@H](O)[C@@H](OC)CC1)[C@@H](NC(C)=O)CC2. The number of aliphatic hydroxyl groups excluding tert-OH is 1. The molecule has 0 radical (unpaired) electrons. The Labute approximate surface area is 172 Å². The quantitative estimate of drug-likeness (QED) is 0.783. The lowest BCUT2D eigenvalue weighted by Gasteiger charge is -2.24. The average Bonchev–Trinajstić information content (AvgIpc) is 2.95. The lowest BCUT2D eigenvalue weighted by Crippen LogP contribution is -2.37. The second-order valence-corrected chi connectivity index (χ2v) is 7.56. The van der Waals surface area contributed by atoms with E-state index in [2.05, 4.69) is 5.32 Å². The van der Waals surface area contributed by atoms with Gasteiger partial charge in [-0.05, 0) is 54.9 Å². The molecule has 0 aliphatic heterocycles. The molecule has 2 aliphatic rings. The molecule has 7 nitrogen and oxygen atoms in total. The third kappa shape index (κ3) is 4.07. The predicted molar refractivity (Wildman–Crippen MR) is 110 cm³/mol. The molecular formula is C22H31NO6. The zero-order chi connectivity index (χ0) is 21.1. The van der Waals surface area contributed by atoms with Crippen molar-refractivity contribution in [3.8, 4) is 17.2 Å². The molecule has 0 heterocycles. The van der Waals surface area contributed by atoms with Gasteiger partial charge in [-0.25, -0.2) is 0 Å². The fourth-order valence-electron chi connectivity index (χ4n) is 4.65. The standard InChI is InChI=1S/C22H31NO6/c1-12(24)23-16-8-6-13-10-19(27-3)21(28-4)22(29-5)20(13)14-7-9-18(26-2)17(25)11-15(14)16/h10,16-18,25H,6-9,11H2,1-5H3,(H,23,24)/t16-,17-,18-/m0/s1. The van der Waals surface area contributed by atoms with Crippen molar-refractivity contribution < 1.29 is 28.8 Å². The van der Waals surface area contributed by atoms with Gasteiger partial charge in [-0.2, -0.15) is 0 Å². The lowest BCUT2D eigenvalue weighted by molar-refractivity contribution is -0.119. The first-order valence-electron chi connectivity index (χ1n) is 9.97. The van der Waals surface area contributed by atoms with E-state index in [0.29, 0.717) is 36.5 Å². The number of hydrogen-bond acceptors (Lipinski definition) is 6. The van der Waals surface area contributed by atoms with Crippen molar-refractivity contribution in [1.29, 1.82) is 0 Å². The number of aliphatic hydroxyl groups is 1. The highest BCUT2D eigenvalue weighted by atomic mass is 16.5. The van der Waals surface area contributed by atoms with Gasteiger partial charge in [0, 0.05) is 19.6 Å². The molecule has 0 unspecified atom stereocenters. The topological polar surface area (TPSA) is 86.2 Å². The smallest absolute Gasteiger partial charge is 0.217 e. The van der Waals surface area contributed by atoms with Crippen LogP contribution in [0.1, 0.15) is 43.7 Å². The number of nitrogens with one attached hydrogen (secondary N) is 1. The van der Waals surface area contributed by atoms with Gasteiger partial charge in [-0.3, -0.25) is 4.79 Å². The Morgan fingerprint density at radius 1 is 1.07 bits per heavy atom. The summed E-state index contributed by atoms with van der Waals surface area (Å²) in [5.41, 5.74) is 4.20. The highest BCUT2D eigenvalue weighted by Crippen LogP contribution is 2.49. The van der Waals surface area contributed by atoms with Crippen molar-refractivity contribution in [2.75, 3.05) is 28.4 Å². The van der Waals surface area contributed by atoms with Crippen LogP contribution < -0.4 is 19.5 Å². The summed E-state index contributed by atoms with van der Waals surface area (Å²) < 4.78 is 22.5. The van der Waals surface area contributed by atoms with Crippen LogP contribution in [0, 0.1) is 0 Å². The Kier molecular flexibility index (Phi) is 6.70. The fraction of sp³-hybridized carbons (Fsp3) is 0.591. The summed E-state index contributed by atoms with van der Waals surface area (Å²) in [6.45, 7) is 1.52. The van der Waals surface area contributed by atoms with Gasteiger partial charge in [0.1, 0.15) is 0 Å². The number of hydrogen-bond donors (Lipinski definition) is 2. The Balaban J connectivity index is 2.24. The molecule has 2 aliphatic carbocycles. The lowest BCUT2D eigenvalue weighted by atomic mass is 9.90. The Bertz CT molecular complexity index is 803. The van der Waals surface area contributed by atoms with Gasteiger partial charge < -0.3 is 29.4 Å². The number of methoxy groups -OCH3 is 4. The molecule has 1 aromatic carbocycles. The molecular weight excluding hydrogens is 374 g/mol. The maximum atomic E-state index is 11.9. The van der Waals surface area contributed by atoms with Gasteiger partial charge in [0.2, 0.25) is 11.7 Å². The van der Waals surface area contributed by atoms with E-state index < -0.39 is 6.10 Å². The molecule has 0 saturated heterocycles. The number of amides is 1. The Hall–Kier alpha value is -2.25. The summed E-state index contributed by atoms with van der Waals surface area (Å²) >= 11 is 0. The second-order valence-electron chi connectivity index (χ2n) is 7.56. The molecule has 0 saturated carbocycles. The summed E-state index contributed by atoms with van der Waals surface area (Å²) in [6, 6.07) is 1.84. The maximum Gasteiger partial charge on any atom is 0.217 e. The summed E-state index contributed by atoms with van der Waals surface area (Å²) in [4.78, 5) is 11.9. The Morgan fingerprint density at radius 3 is 2.38 bits per heavy atom. The minimum absolute atomic E-state index is 0.0861. The highest BCUT2D eigenvalue weighted by Gasteiger charge is 2.35. The van der Waals surface area contributed by atoms with E-state index in [1.165, 1.54) is 6.92 Å². The van der Waals surface area contributed by atoms with Crippen molar-refractivity contribution in [1.82, 2.24) is 5.32 Å².